The minimum atomic E-state index is -0.388. The maximum Gasteiger partial charge on any atom is 0.242 e. The Bertz CT molecular complexity index is 927. The molecule has 0 saturated carbocycles. The van der Waals surface area contributed by atoms with Crippen LogP contribution in [0.1, 0.15) is 12.0 Å². The molecule has 0 aromatic heterocycles. The van der Waals surface area contributed by atoms with E-state index in [9.17, 15) is 14.4 Å². The van der Waals surface area contributed by atoms with Crippen LogP contribution in [-0.2, 0) is 20.8 Å². The number of piperazine rings is 1. The maximum atomic E-state index is 12.6. The van der Waals surface area contributed by atoms with E-state index < -0.39 is 0 Å². The number of anilines is 1. The highest BCUT2D eigenvalue weighted by Gasteiger charge is 2.34. The number of hydrogen-bond acceptors (Lipinski definition) is 4. The fourth-order valence-electron chi connectivity index (χ4n) is 4.34. The lowest BCUT2D eigenvalue weighted by Crippen LogP contribution is -2.51. The second kappa shape index (κ2) is 10.3. The Balaban J connectivity index is 1.18. The van der Waals surface area contributed by atoms with Gasteiger partial charge in [-0.2, -0.15) is 0 Å². The zero-order valence-corrected chi connectivity index (χ0v) is 18.3. The molecule has 2 aromatic carbocycles. The normalized spacial score (nSPS) is 18.7. The molecule has 32 heavy (non-hydrogen) atoms. The number of rotatable bonds is 7. The van der Waals surface area contributed by atoms with E-state index in [1.54, 1.807) is 9.80 Å². The molecule has 0 aliphatic carbocycles. The van der Waals surface area contributed by atoms with Crippen molar-refractivity contribution in [1.82, 2.24) is 15.1 Å². The first-order valence-corrected chi connectivity index (χ1v) is 11.3. The monoisotopic (exact) mass is 434 g/mol. The molecule has 7 nitrogen and oxygen atoms in total. The van der Waals surface area contributed by atoms with Crippen molar-refractivity contribution in [1.29, 1.82) is 0 Å². The molecule has 3 amide bonds. The number of para-hydroxylation sites is 1. The van der Waals surface area contributed by atoms with Crippen molar-refractivity contribution in [3.63, 3.8) is 0 Å². The molecule has 2 fully saturated rings. The summed E-state index contributed by atoms with van der Waals surface area (Å²) in [7, 11) is 0. The minimum Gasteiger partial charge on any atom is -0.368 e. The summed E-state index contributed by atoms with van der Waals surface area (Å²) < 4.78 is 0. The summed E-state index contributed by atoms with van der Waals surface area (Å²) in [5.41, 5.74) is 2.33. The van der Waals surface area contributed by atoms with Crippen LogP contribution in [0, 0.1) is 5.92 Å². The molecule has 1 unspecified atom stereocenters. The third-order valence-corrected chi connectivity index (χ3v) is 6.27. The number of nitrogens with zero attached hydrogens (tertiary/aromatic N) is 3. The predicted molar refractivity (Wildman–Crippen MR) is 123 cm³/mol. The molecule has 2 heterocycles. The van der Waals surface area contributed by atoms with Gasteiger partial charge in [0.2, 0.25) is 17.7 Å². The van der Waals surface area contributed by atoms with E-state index in [0.29, 0.717) is 26.2 Å². The largest absolute Gasteiger partial charge is 0.368 e. The van der Waals surface area contributed by atoms with E-state index in [-0.39, 0.29) is 36.6 Å². The molecular formula is C25H30N4O3. The highest BCUT2D eigenvalue weighted by atomic mass is 16.2. The van der Waals surface area contributed by atoms with Crippen LogP contribution in [0.4, 0.5) is 5.69 Å². The van der Waals surface area contributed by atoms with E-state index in [2.05, 4.69) is 22.3 Å². The van der Waals surface area contributed by atoms with Crippen LogP contribution in [0.2, 0.25) is 0 Å². The average molecular weight is 435 g/mol. The lowest BCUT2D eigenvalue weighted by molar-refractivity contribution is -0.134. The van der Waals surface area contributed by atoms with E-state index in [1.165, 1.54) is 5.56 Å². The van der Waals surface area contributed by atoms with Gasteiger partial charge in [0.1, 0.15) is 0 Å². The van der Waals surface area contributed by atoms with Crippen LogP contribution in [0.15, 0.2) is 60.7 Å². The van der Waals surface area contributed by atoms with Crippen molar-refractivity contribution in [2.75, 3.05) is 50.7 Å². The summed E-state index contributed by atoms with van der Waals surface area (Å²) >= 11 is 0. The van der Waals surface area contributed by atoms with E-state index >= 15 is 0 Å². The highest BCUT2D eigenvalue weighted by Crippen LogP contribution is 2.19. The van der Waals surface area contributed by atoms with Crippen LogP contribution >= 0.6 is 0 Å². The number of carbonyl (C=O) groups excluding carboxylic acids is 3. The number of benzene rings is 2. The van der Waals surface area contributed by atoms with Crippen molar-refractivity contribution >= 4 is 23.4 Å². The smallest absolute Gasteiger partial charge is 0.242 e. The van der Waals surface area contributed by atoms with Crippen LogP contribution in [-0.4, -0.2) is 73.3 Å². The predicted octanol–water partition coefficient (Wildman–Crippen LogP) is 1.54. The fourth-order valence-corrected chi connectivity index (χ4v) is 4.34. The number of nitrogens with one attached hydrogen (secondary N) is 1. The lowest BCUT2D eigenvalue weighted by Gasteiger charge is -2.36. The Labute approximate surface area is 189 Å². The molecule has 1 N–H and O–H groups in total. The standard InChI is InChI=1S/C25H30N4O3/c30-23-17-21(19-29(23)12-11-20-7-3-1-4-8-20)25(32)26-18-24(31)28-15-13-27(14-16-28)22-9-5-2-6-10-22/h1-10,21H,11-19H2,(H,26,32). The van der Waals surface area contributed by atoms with Gasteiger partial charge in [-0.3, -0.25) is 14.4 Å². The Kier molecular flexibility index (Phi) is 7.04. The molecule has 0 spiro atoms. The highest BCUT2D eigenvalue weighted by molar-refractivity contribution is 5.91. The molecule has 2 aliphatic heterocycles. The Hall–Kier alpha value is -3.35. The SMILES string of the molecule is O=C(NCC(=O)N1CCN(c2ccccc2)CC1)C1CC(=O)N(CCc2ccccc2)C1. The van der Waals surface area contributed by atoms with Crippen LogP contribution in [0.5, 0.6) is 0 Å². The second-order valence-electron chi connectivity index (χ2n) is 8.40. The minimum absolute atomic E-state index is 0.00411. The van der Waals surface area contributed by atoms with E-state index in [1.807, 2.05) is 48.5 Å². The van der Waals surface area contributed by atoms with Gasteiger partial charge in [-0.25, -0.2) is 0 Å². The van der Waals surface area contributed by atoms with Gasteiger partial charge in [-0.1, -0.05) is 48.5 Å². The van der Waals surface area contributed by atoms with Crippen LogP contribution in [0.3, 0.4) is 0 Å². The first-order chi connectivity index (χ1) is 15.6. The maximum absolute atomic E-state index is 12.6. The molecule has 0 bridgehead atoms. The van der Waals surface area contributed by atoms with Gasteiger partial charge in [-0.15, -0.1) is 0 Å². The van der Waals surface area contributed by atoms with E-state index in [0.717, 1.165) is 25.2 Å². The average Bonchev–Trinajstić information content (AvgIpc) is 3.23. The zero-order valence-electron chi connectivity index (χ0n) is 18.3. The molecule has 168 valence electrons. The van der Waals surface area contributed by atoms with Gasteiger partial charge < -0.3 is 20.0 Å². The first-order valence-electron chi connectivity index (χ1n) is 11.3. The van der Waals surface area contributed by atoms with Crippen LogP contribution < -0.4 is 10.2 Å². The van der Waals surface area contributed by atoms with Gasteiger partial charge in [0, 0.05) is 51.4 Å². The third kappa shape index (κ3) is 5.46. The van der Waals surface area contributed by atoms with Crippen molar-refractivity contribution in [2.45, 2.75) is 12.8 Å². The summed E-state index contributed by atoms with van der Waals surface area (Å²) in [5.74, 6) is -0.668. The zero-order chi connectivity index (χ0) is 22.3. The Morgan fingerprint density at radius 3 is 2.25 bits per heavy atom. The second-order valence-corrected chi connectivity index (χ2v) is 8.40. The molecule has 2 aliphatic rings. The topological polar surface area (TPSA) is 73.0 Å². The number of hydrogen-bond donors (Lipinski definition) is 1. The van der Waals surface area contributed by atoms with Gasteiger partial charge in [0.25, 0.3) is 0 Å². The van der Waals surface area contributed by atoms with Gasteiger partial charge in [0.15, 0.2) is 0 Å². The van der Waals surface area contributed by atoms with Gasteiger partial charge in [-0.05, 0) is 24.1 Å². The Morgan fingerprint density at radius 1 is 0.906 bits per heavy atom. The lowest BCUT2D eigenvalue weighted by atomic mass is 10.1. The van der Waals surface area contributed by atoms with Gasteiger partial charge in [0.05, 0.1) is 12.5 Å². The van der Waals surface area contributed by atoms with Crippen molar-refractivity contribution < 1.29 is 14.4 Å². The molecule has 4 rings (SSSR count). The number of amides is 3. The van der Waals surface area contributed by atoms with Gasteiger partial charge >= 0.3 is 0 Å². The van der Waals surface area contributed by atoms with Crippen LogP contribution in [0.25, 0.3) is 0 Å². The van der Waals surface area contributed by atoms with Crippen molar-refractivity contribution in [3.8, 4) is 0 Å². The third-order valence-electron chi connectivity index (χ3n) is 6.27. The Morgan fingerprint density at radius 2 is 1.56 bits per heavy atom. The molecule has 2 aromatic rings. The molecular weight excluding hydrogens is 404 g/mol. The quantitative estimate of drug-likeness (QED) is 0.718. The van der Waals surface area contributed by atoms with Crippen molar-refractivity contribution in [3.05, 3.63) is 66.2 Å². The summed E-state index contributed by atoms with van der Waals surface area (Å²) in [4.78, 5) is 43.2. The summed E-state index contributed by atoms with van der Waals surface area (Å²) in [6.45, 7) is 3.84. The molecule has 2 saturated heterocycles. The fraction of sp³-hybridized carbons (Fsp3) is 0.400. The molecule has 7 heteroatoms. The van der Waals surface area contributed by atoms with Crippen molar-refractivity contribution in [2.24, 2.45) is 5.92 Å². The van der Waals surface area contributed by atoms with E-state index in [4.69, 9.17) is 0 Å². The first kappa shape index (κ1) is 21.9. The molecule has 1 atom stereocenters. The summed E-state index contributed by atoms with van der Waals surface area (Å²) in [5, 5.41) is 2.76. The summed E-state index contributed by atoms with van der Waals surface area (Å²) in [6, 6.07) is 20.2. The number of carbonyl (C=O) groups is 3. The molecule has 0 radical (unpaired) electrons. The summed E-state index contributed by atoms with van der Waals surface area (Å²) in [6.07, 6.45) is 0.985. The number of likely N-dealkylation sites (tertiary alicyclic amines) is 1.